The first kappa shape index (κ1) is 18.8. The average Bonchev–Trinajstić information content (AvgIpc) is 3.08. The summed E-state index contributed by atoms with van der Waals surface area (Å²) in [6.45, 7) is 3.88. The van der Waals surface area contributed by atoms with Crippen molar-refractivity contribution < 1.29 is 18.0 Å². The number of aromatic nitrogens is 1. The highest BCUT2D eigenvalue weighted by Crippen LogP contribution is 2.32. The number of hydrogen-bond donors (Lipinski definition) is 1. The van der Waals surface area contributed by atoms with Crippen LogP contribution in [0, 0.1) is 0 Å². The number of carbonyl (C=O) groups excluding carboxylic acids is 1. The maximum atomic E-state index is 13.0. The van der Waals surface area contributed by atoms with Gasteiger partial charge in [0.1, 0.15) is 5.82 Å². The van der Waals surface area contributed by atoms with Crippen LogP contribution in [-0.4, -0.2) is 55.1 Å². The fourth-order valence-corrected chi connectivity index (χ4v) is 2.99. The van der Waals surface area contributed by atoms with Crippen molar-refractivity contribution in [2.24, 2.45) is 0 Å². The van der Waals surface area contributed by atoms with Crippen LogP contribution < -0.4 is 10.2 Å². The van der Waals surface area contributed by atoms with Crippen LogP contribution in [0.15, 0.2) is 12.3 Å². The Morgan fingerprint density at radius 1 is 1.12 bits per heavy atom. The molecule has 2 aliphatic rings. The number of hydrogen-bond acceptors (Lipinski definition) is 4. The summed E-state index contributed by atoms with van der Waals surface area (Å²) < 4.78 is 39.0. The number of carbonyl (C=O) groups is 1. The molecule has 1 aromatic rings. The van der Waals surface area contributed by atoms with Crippen molar-refractivity contribution in [1.82, 2.24) is 15.2 Å². The minimum absolute atomic E-state index is 0. The van der Waals surface area contributed by atoms with E-state index >= 15 is 0 Å². The number of nitrogens with zero attached hydrogens (tertiary/aromatic N) is 3. The van der Waals surface area contributed by atoms with Crippen molar-refractivity contribution in [3.63, 3.8) is 0 Å². The molecule has 0 aromatic carbocycles. The van der Waals surface area contributed by atoms with E-state index in [1.807, 2.05) is 4.90 Å². The summed E-state index contributed by atoms with van der Waals surface area (Å²) in [5.41, 5.74) is -0.817. The lowest BCUT2D eigenvalue weighted by Crippen LogP contribution is -2.45. The Hall–Kier alpha value is -1.54. The van der Waals surface area contributed by atoms with Crippen molar-refractivity contribution in [3.05, 3.63) is 23.4 Å². The maximum absolute atomic E-state index is 13.0. The fraction of sp³-hybridized carbons (Fsp3) is 0.600. The summed E-state index contributed by atoms with van der Waals surface area (Å²) in [6.07, 6.45) is -1.91. The molecule has 134 valence electrons. The smallest absolute Gasteiger partial charge is 0.353 e. The third-order valence-electron chi connectivity index (χ3n) is 4.23. The SMILES string of the molecule is Cl.O=C(c1cc(C(F)(F)F)cnc1N1CCNCC1)N1CCCC1. The molecule has 0 unspecified atom stereocenters. The normalized spacial score (nSPS) is 18.5. The van der Waals surface area contributed by atoms with Gasteiger partial charge in [0.25, 0.3) is 5.91 Å². The molecular formula is C15H20ClF3N4O. The van der Waals surface area contributed by atoms with Gasteiger partial charge in [-0.3, -0.25) is 4.79 Å². The number of alkyl halides is 3. The minimum Gasteiger partial charge on any atom is -0.353 e. The number of rotatable bonds is 2. The molecule has 0 saturated carbocycles. The van der Waals surface area contributed by atoms with Crippen LogP contribution >= 0.6 is 12.4 Å². The molecule has 5 nitrogen and oxygen atoms in total. The van der Waals surface area contributed by atoms with Gasteiger partial charge in [-0.25, -0.2) is 4.98 Å². The summed E-state index contributed by atoms with van der Waals surface area (Å²) in [4.78, 5) is 20.1. The third-order valence-corrected chi connectivity index (χ3v) is 4.23. The standard InChI is InChI=1S/C15H19F3N4O.ClH/c16-15(17,18)11-9-12(14(23)22-5-1-2-6-22)13(20-10-11)21-7-3-19-4-8-21;/h9-10,19H,1-8H2;1H. The molecular weight excluding hydrogens is 345 g/mol. The molecule has 0 atom stereocenters. The van der Waals surface area contributed by atoms with E-state index in [1.54, 1.807) is 4.90 Å². The van der Waals surface area contributed by atoms with E-state index in [0.29, 0.717) is 32.0 Å². The van der Waals surface area contributed by atoms with Crippen LogP contribution in [-0.2, 0) is 6.18 Å². The van der Waals surface area contributed by atoms with Crippen LogP contribution in [0.3, 0.4) is 0 Å². The molecule has 1 amide bonds. The number of nitrogens with one attached hydrogen (secondary N) is 1. The van der Waals surface area contributed by atoms with Crippen LogP contribution in [0.1, 0.15) is 28.8 Å². The van der Waals surface area contributed by atoms with Crippen molar-refractivity contribution in [3.8, 4) is 0 Å². The van der Waals surface area contributed by atoms with Crippen molar-refractivity contribution in [2.45, 2.75) is 19.0 Å². The van der Waals surface area contributed by atoms with Gasteiger partial charge in [0.15, 0.2) is 0 Å². The van der Waals surface area contributed by atoms with Gasteiger partial charge in [-0.15, -0.1) is 12.4 Å². The molecule has 3 heterocycles. The first-order chi connectivity index (χ1) is 11.0. The van der Waals surface area contributed by atoms with Gasteiger partial charge in [0.2, 0.25) is 0 Å². The number of anilines is 1. The van der Waals surface area contributed by atoms with Gasteiger partial charge in [-0.2, -0.15) is 13.2 Å². The number of halogens is 4. The van der Waals surface area contributed by atoms with Gasteiger partial charge in [-0.05, 0) is 18.9 Å². The molecule has 1 N–H and O–H groups in total. The Morgan fingerprint density at radius 2 is 1.75 bits per heavy atom. The number of piperazine rings is 1. The first-order valence-corrected chi connectivity index (χ1v) is 7.79. The lowest BCUT2D eigenvalue weighted by molar-refractivity contribution is -0.137. The zero-order chi connectivity index (χ0) is 16.4. The van der Waals surface area contributed by atoms with Crippen LogP contribution in [0.5, 0.6) is 0 Å². The van der Waals surface area contributed by atoms with Gasteiger partial charge < -0.3 is 15.1 Å². The molecule has 0 aliphatic carbocycles. The Balaban J connectivity index is 0.00000208. The summed E-state index contributed by atoms with van der Waals surface area (Å²) in [5, 5.41) is 3.18. The third kappa shape index (κ3) is 3.92. The van der Waals surface area contributed by atoms with E-state index in [-0.39, 0.29) is 23.9 Å². The van der Waals surface area contributed by atoms with E-state index in [2.05, 4.69) is 10.3 Å². The van der Waals surface area contributed by atoms with E-state index < -0.39 is 11.7 Å². The Kier molecular flexibility index (Phi) is 5.92. The molecule has 0 radical (unpaired) electrons. The zero-order valence-electron chi connectivity index (χ0n) is 13.1. The quantitative estimate of drug-likeness (QED) is 0.873. The van der Waals surface area contributed by atoms with E-state index in [4.69, 9.17) is 0 Å². The predicted octanol–water partition coefficient (Wildman–Crippen LogP) is 2.17. The van der Waals surface area contributed by atoms with E-state index in [9.17, 15) is 18.0 Å². The van der Waals surface area contributed by atoms with Crippen molar-refractivity contribution in [1.29, 1.82) is 0 Å². The van der Waals surface area contributed by atoms with Gasteiger partial charge in [0, 0.05) is 45.5 Å². The monoisotopic (exact) mass is 364 g/mol. The van der Waals surface area contributed by atoms with Gasteiger partial charge in [-0.1, -0.05) is 0 Å². The maximum Gasteiger partial charge on any atom is 0.417 e. The highest BCUT2D eigenvalue weighted by Gasteiger charge is 2.34. The minimum atomic E-state index is -4.50. The molecule has 0 bridgehead atoms. The van der Waals surface area contributed by atoms with Crippen LogP contribution in [0.2, 0.25) is 0 Å². The second-order valence-corrected chi connectivity index (χ2v) is 5.83. The molecule has 2 fully saturated rings. The molecule has 24 heavy (non-hydrogen) atoms. The molecule has 0 spiro atoms. The van der Waals surface area contributed by atoms with Crippen LogP contribution in [0.4, 0.5) is 19.0 Å². The van der Waals surface area contributed by atoms with E-state index in [1.165, 1.54) is 0 Å². The fourth-order valence-electron chi connectivity index (χ4n) is 2.99. The van der Waals surface area contributed by atoms with Crippen molar-refractivity contribution >= 4 is 24.1 Å². The largest absolute Gasteiger partial charge is 0.417 e. The number of likely N-dealkylation sites (tertiary alicyclic amines) is 1. The highest BCUT2D eigenvalue weighted by molar-refractivity contribution is 5.99. The average molecular weight is 365 g/mol. The van der Waals surface area contributed by atoms with Crippen LogP contribution in [0.25, 0.3) is 0 Å². The number of pyridine rings is 1. The Labute approximate surface area is 144 Å². The summed E-state index contributed by atoms with van der Waals surface area (Å²) >= 11 is 0. The Morgan fingerprint density at radius 3 is 2.33 bits per heavy atom. The summed E-state index contributed by atoms with van der Waals surface area (Å²) in [5.74, 6) is 0.00559. The first-order valence-electron chi connectivity index (χ1n) is 7.79. The molecule has 2 aliphatic heterocycles. The van der Waals surface area contributed by atoms with Crippen molar-refractivity contribution in [2.75, 3.05) is 44.2 Å². The second-order valence-electron chi connectivity index (χ2n) is 5.83. The molecule has 1 aromatic heterocycles. The molecule has 3 rings (SSSR count). The zero-order valence-corrected chi connectivity index (χ0v) is 13.9. The van der Waals surface area contributed by atoms with Gasteiger partial charge in [0.05, 0.1) is 11.1 Å². The topological polar surface area (TPSA) is 48.5 Å². The van der Waals surface area contributed by atoms with Gasteiger partial charge >= 0.3 is 6.18 Å². The predicted molar refractivity (Wildman–Crippen MR) is 86.7 cm³/mol. The number of amides is 1. The summed E-state index contributed by atoms with van der Waals surface area (Å²) in [7, 11) is 0. The molecule has 9 heteroatoms. The second kappa shape index (κ2) is 7.57. The lowest BCUT2D eigenvalue weighted by Gasteiger charge is -2.30. The van der Waals surface area contributed by atoms with E-state index in [0.717, 1.165) is 38.2 Å². The molecule has 2 saturated heterocycles. The lowest BCUT2D eigenvalue weighted by atomic mass is 10.1. The highest BCUT2D eigenvalue weighted by atomic mass is 35.5. The Bertz CT molecular complexity index is 585. The summed E-state index contributed by atoms with van der Waals surface area (Å²) in [6, 6.07) is 0.949.